The van der Waals surface area contributed by atoms with Crippen molar-refractivity contribution >= 4 is 29.8 Å². The number of alkyl halides is 2. The number of rotatable bonds is 14. The van der Waals surface area contributed by atoms with Crippen molar-refractivity contribution < 1.29 is 37.8 Å². The van der Waals surface area contributed by atoms with Gasteiger partial charge in [0, 0.05) is 39.0 Å². The molecule has 0 radical (unpaired) electrons. The Morgan fingerprint density at radius 3 is 1.56 bits per heavy atom. The first-order valence-electron chi connectivity index (χ1n) is 24.7. The maximum atomic E-state index is 14.1. The van der Waals surface area contributed by atoms with E-state index in [1.807, 2.05) is 93.3 Å². The van der Waals surface area contributed by atoms with Crippen LogP contribution in [0.4, 0.5) is 24.2 Å². The molecule has 4 amide bonds. The van der Waals surface area contributed by atoms with Gasteiger partial charge in [0.05, 0.1) is 66.2 Å². The smallest absolute Gasteiger partial charge is 0.407 e. The fourth-order valence-corrected chi connectivity index (χ4v) is 10.2. The molecular formula is C53H61F2N11O6. The van der Waals surface area contributed by atoms with Crippen molar-refractivity contribution in [2.45, 2.75) is 96.3 Å². The Kier molecular flexibility index (Phi) is 14.2. The fourth-order valence-electron chi connectivity index (χ4n) is 10.2. The molecule has 0 aliphatic carbocycles. The van der Waals surface area contributed by atoms with Crippen LogP contribution in [0.5, 0.6) is 0 Å². The molecule has 3 fully saturated rings. The highest BCUT2D eigenvalue weighted by atomic mass is 19.3. The summed E-state index contributed by atoms with van der Waals surface area (Å²) in [6.45, 7) is 8.90. The lowest BCUT2D eigenvalue weighted by molar-refractivity contribution is -0.136. The molecule has 0 unspecified atom stereocenters. The van der Waals surface area contributed by atoms with Gasteiger partial charge < -0.3 is 49.7 Å². The Bertz CT molecular complexity index is 2890. The van der Waals surface area contributed by atoms with Gasteiger partial charge in [-0.3, -0.25) is 9.59 Å². The second-order valence-electron chi connectivity index (χ2n) is 19.6. The number of aromatic amines is 2. The highest BCUT2D eigenvalue weighted by Crippen LogP contribution is 2.38. The van der Waals surface area contributed by atoms with Crippen molar-refractivity contribution in [2.75, 3.05) is 38.2 Å². The summed E-state index contributed by atoms with van der Waals surface area (Å²) in [5, 5.41) is 14.5. The van der Waals surface area contributed by atoms with Crippen LogP contribution in [-0.2, 0) is 14.3 Å². The number of anilines is 1. The maximum absolute atomic E-state index is 14.1. The minimum Gasteiger partial charge on any atom is -0.465 e. The number of carboxylic acid groups (broad SMARTS) is 1. The number of H-pyrrole nitrogens is 2. The van der Waals surface area contributed by atoms with E-state index in [2.05, 4.69) is 37.3 Å². The third-order valence-corrected chi connectivity index (χ3v) is 14.2. The number of halogens is 2. The highest BCUT2D eigenvalue weighted by Gasteiger charge is 2.39. The van der Waals surface area contributed by atoms with Gasteiger partial charge in [0.25, 0.3) is 5.92 Å². The van der Waals surface area contributed by atoms with Gasteiger partial charge in [-0.2, -0.15) is 0 Å². The van der Waals surface area contributed by atoms with Crippen molar-refractivity contribution in [3.05, 3.63) is 103 Å². The zero-order valence-corrected chi connectivity index (χ0v) is 41.1. The maximum Gasteiger partial charge on any atom is 0.407 e. The molecule has 378 valence electrons. The number of benzene rings is 2. The molecule has 7 heterocycles. The molecule has 0 bridgehead atoms. The number of imidazole rings is 2. The zero-order valence-electron chi connectivity index (χ0n) is 41.1. The van der Waals surface area contributed by atoms with Gasteiger partial charge >= 0.3 is 12.2 Å². The second-order valence-corrected chi connectivity index (χ2v) is 19.6. The number of pyridine rings is 1. The first kappa shape index (κ1) is 49.4. The van der Waals surface area contributed by atoms with Gasteiger partial charge in [0.15, 0.2) is 0 Å². The number of aromatic nitrogens is 6. The van der Waals surface area contributed by atoms with Gasteiger partial charge in [-0.1, -0.05) is 76.2 Å². The van der Waals surface area contributed by atoms with Crippen LogP contribution in [0.3, 0.4) is 0 Å². The first-order valence-corrected chi connectivity index (χ1v) is 24.7. The average Bonchev–Trinajstić information content (AvgIpc) is 4.24. The summed E-state index contributed by atoms with van der Waals surface area (Å²) in [6.07, 6.45) is 5.99. The van der Waals surface area contributed by atoms with Crippen LogP contribution in [0.1, 0.15) is 90.0 Å². The van der Waals surface area contributed by atoms with Gasteiger partial charge in [-0.05, 0) is 84.0 Å². The number of nitrogens with zero attached hydrogens (tertiary/aromatic N) is 7. The van der Waals surface area contributed by atoms with Crippen molar-refractivity contribution in [2.24, 2.45) is 11.8 Å². The molecule has 3 saturated heterocycles. The van der Waals surface area contributed by atoms with Gasteiger partial charge in [0.2, 0.25) is 11.8 Å². The minimum atomic E-state index is -2.67. The Morgan fingerprint density at radius 1 is 0.653 bits per heavy atom. The number of piperidine rings is 1. The Labute approximate surface area is 416 Å². The van der Waals surface area contributed by atoms with Crippen LogP contribution in [-0.4, -0.2) is 120 Å². The molecule has 0 spiro atoms. The molecule has 3 aliphatic heterocycles. The summed E-state index contributed by atoms with van der Waals surface area (Å²) < 4.78 is 35.0. The molecule has 2 aromatic carbocycles. The van der Waals surface area contributed by atoms with E-state index in [-0.39, 0.29) is 61.7 Å². The number of ether oxygens (including phenoxy) is 1. The van der Waals surface area contributed by atoms with Crippen molar-refractivity contribution in [1.82, 2.24) is 49.9 Å². The summed E-state index contributed by atoms with van der Waals surface area (Å²) >= 11 is 0. The van der Waals surface area contributed by atoms with E-state index >= 15 is 0 Å². The zero-order chi connectivity index (χ0) is 50.8. The van der Waals surface area contributed by atoms with Crippen LogP contribution in [0, 0.1) is 11.8 Å². The number of carbonyl (C=O) groups is 4. The summed E-state index contributed by atoms with van der Waals surface area (Å²) in [5.41, 5.74) is 7.78. The van der Waals surface area contributed by atoms with E-state index in [1.165, 1.54) is 7.11 Å². The summed E-state index contributed by atoms with van der Waals surface area (Å²) in [5.74, 6) is -1.54. The average molecular weight is 986 g/mol. The molecule has 6 aromatic rings. The number of hydrogen-bond donors (Lipinski definition) is 5. The van der Waals surface area contributed by atoms with Crippen LogP contribution in [0.2, 0.25) is 0 Å². The van der Waals surface area contributed by atoms with E-state index in [0.29, 0.717) is 37.0 Å². The Hall–Kier alpha value is -7.57. The SMILES string of the molecule is COC(=O)N[C@H](C(=O)N1CCC[C@H]1c1ncc(-c2ccc(-c3ccc(-c4ccc(-c5cnc([C@@H]6CCCN6C(=O)[C@@H](NC(=O)O)C(C)C)[nH]5)cc4)n3-c3ccc(N4CCC(F)(F)CC4)nc3)cc2)[nH]1)C(C)C. The van der Waals surface area contributed by atoms with Gasteiger partial charge in [-0.25, -0.2) is 33.3 Å². The molecule has 5 N–H and O–H groups in total. The van der Waals surface area contributed by atoms with Crippen molar-refractivity contribution in [1.29, 1.82) is 0 Å². The number of likely N-dealkylation sites (tertiary alicyclic amines) is 2. The lowest BCUT2D eigenvalue weighted by Crippen LogP contribution is -2.51. The minimum absolute atomic E-state index is 0.149. The van der Waals surface area contributed by atoms with E-state index < -0.39 is 30.2 Å². The molecule has 72 heavy (non-hydrogen) atoms. The molecule has 4 aromatic heterocycles. The van der Waals surface area contributed by atoms with E-state index in [4.69, 9.17) is 19.7 Å². The van der Waals surface area contributed by atoms with Crippen LogP contribution < -0.4 is 15.5 Å². The Balaban J connectivity index is 0.976. The predicted octanol–water partition coefficient (Wildman–Crippen LogP) is 9.22. The lowest BCUT2D eigenvalue weighted by Gasteiger charge is -2.32. The molecular weight excluding hydrogens is 925 g/mol. The largest absolute Gasteiger partial charge is 0.465 e. The molecule has 0 saturated carbocycles. The van der Waals surface area contributed by atoms with E-state index in [9.17, 15) is 33.1 Å². The first-order chi connectivity index (χ1) is 34.6. The van der Waals surface area contributed by atoms with Gasteiger partial charge in [0.1, 0.15) is 29.6 Å². The molecule has 9 rings (SSSR count). The highest BCUT2D eigenvalue weighted by molar-refractivity contribution is 5.87. The van der Waals surface area contributed by atoms with E-state index in [1.54, 1.807) is 28.4 Å². The van der Waals surface area contributed by atoms with Crippen LogP contribution in [0.25, 0.3) is 50.7 Å². The predicted molar refractivity (Wildman–Crippen MR) is 267 cm³/mol. The third-order valence-electron chi connectivity index (χ3n) is 14.2. The molecule has 3 aliphatic rings. The topological polar surface area (TPSA) is 207 Å². The van der Waals surface area contributed by atoms with E-state index in [0.717, 1.165) is 70.0 Å². The summed E-state index contributed by atoms with van der Waals surface area (Å²) in [7, 11) is 1.28. The number of hydrogen-bond acceptors (Lipinski definition) is 9. The summed E-state index contributed by atoms with van der Waals surface area (Å²) in [4.78, 5) is 77.5. The lowest BCUT2D eigenvalue weighted by atomic mass is 10.0. The normalized spacial score (nSPS) is 18.7. The summed E-state index contributed by atoms with van der Waals surface area (Å²) in [6, 6.07) is 22.0. The van der Waals surface area contributed by atoms with Gasteiger partial charge in [-0.15, -0.1) is 0 Å². The fraction of sp³-hybridized carbons (Fsp3) is 0.415. The second kappa shape index (κ2) is 20.6. The van der Waals surface area contributed by atoms with Crippen LogP contribution in [0.15, 0.2) is 91.4 Å². The number of amides is 4. The van der Waals surface area contributed by atoms with Crippen LogP contribution >= 0.6 is 0 Å². The Morgan fingerprint density at radius 2 is 1.12 bits per heavy atom. The molecule has 19 heteroatoms. The van der Waals surface area contributed by atoms with Crippen molar-refractivity contribution in [3.63, 3.8) is 0 Å². The number of nitrogens with one attached hydrogen (secondary N) is 4. The standard InChI is InChI=1S/C53H61F2N11O6/c1-31(2)45(61-51(69)70)49(67)64-24-6-8-42(64)47-57-29-38(59-47)33-10-14-35(15-11-33)40-19-20-41(66(40)37-18-21-44(56-28-37)63-26-22-53(54,55)23-27-63)36-16-12-34(13-17-36)39-30-58-48(60-39)43-9-7-25-65(43)50(68)46(32(3)4)62-52(71)72-5/h10-21,28-32,42-43,45-46,61H,6-9,22-27H2,1-5H3,(H,57,59)(H,58,60)(H,62,71)(H,69,70)/t42-,43-,45-,46-/m0/s1. The quantitative estimate of drug-likeness (QED) is 0.0699. The number of carbonyl (C=O) groups excluding carboxylic acids is 3. The van der Waals surface area contributed by atoms with Crippen molar-refractivity contribution in [3.8, 4) is 50.7 Å². The third kappa shape index (κ3) is 10.3. The monoisotopic (exact) mass is 985 g/mol. The number of methoxy groups -OCH3 is 1. The number of alkyl carbamates (subject to hydrolysis) is 1. The molecule has 17 nitrogen and oxygen atoms in total. The molecule has 4 atom stereocenters.